The van der Waals surface area contributed by atoms with Gasteiger partial charge in [0, 0.05) is 23.8 Å². The summed E-state index contributed by atoms with van der Waals surface area (Å²) in [5, 5.41) is 0. The molecular weight excluding hydrogens is 371 g/mol. The Morgan fingerprint density at radius 3 is 1.83 bits per heavy atom. The molecule has 2 unspecified atom stereocenters. The Bertz CT molecular complexity index is 679. The van der Waals surface area contributed by atoms with E-state index in [1.807, 2.05) is 13.8 Å². The van der Waals surface area contributed by atoms with Crippen LogP contribution < -0.4 is 0 Å². The molecule has 0 aliphatic rings. The van der Waals surface area contributed by atoms with E-state index in [0.717, 1.165) is 0 Å². The van der Waals surface area contributed by atoms with Crippen molar-refractivity contribution >= 4 is 23.1 Å². The van der Waals surface area contributed by atoms with Crippen LogP contribution in [0.5, 0.6) is 0 Å². The van der Waals surface area contributed by atoms with Crippen LogP contribution in [0.25, 0.3) is 0 Å². The number of Topliss-reactive ketones (excluding diaryl/α,β-unsaturated/α-hetero) is 4. The van der Waals surface area contributed by atoms with Gasteiger partial charge in [0.1, 0.15) is 17.4 Å². The Labute approximate surface area is 175 Å². The summed E-state index contributed by atoms with van der Waals surface area (Å²) in [6.07, 6.45) is 3.15. The smallest absolute Gasteiger partial charge is 0.166 e. The highest BCUT2D eigenvalue weighted by Crippen LogP contribution is 2.19. The first kappa shape index (κ1) is 29.0. The first-order valence-corrected chi connectivity index (χ1v) is 10.3. The molecule has 0 aliphatic carbocycles. The number of ketones is 4. The Balaban J connectivity index is 0. The summed E-state index contributed by atoms with van der Waals surface area (Å²) in [5.41, 5.74) is 0.106. The van der Waals surface area contributed by atoms with E-state index in [1.165, 1.54) is 31.5 Å². The maximum atomic E-state index is 13.5. The number of rotatable bonds is 8. The predicted molar refractivity (Wildman–Crippen MR) is 116 cm³/mol. The average Bonchev–Trinajstić information content (AvgIpc) is 2.65. The van der Waals surface area contributed by atoms with E-state index in [9.17, 15) is 23.6 Å². The lowest BCUT2D eigenvalue weighted by Crippen LogP contribution is -2.15. The summed E-state index contributed by atoms with van der Waals surface area (Å²) in [5.74, 6) is -1.03. The van der Waals surface area contributed by atoms with Crippen molar-refractivity contribution in [2.75, 3.05) is 0 Å². The van der Waals surface area contributed by atoms with Crippen LogP contribution >= 0.6 is 0 Å². The summed E-state index contributed by atoms with van der Waals surface area (Å²) >= 11 is 0. The molecule has 0 aliphatic heterocycles. The van der Waals surface area contributed by atoms with Crippen LogP contribution in [0.2, 0.25) is 0 Å². The minimum atomic E-state index is -0.623. The van der Waals surface area contributed by atoms with Crippen molar-refractivity contribution in [3.8, 4) is 0 Å². The highest BCUT2D eigenvalue weighted by Gasteiger charge is 2.21. The molecule has 0 N–H and O–H groups in total. The van der Waals surface area contributed by atoms with Gasteiger partial charge in [0.2, 0.25) is 0 Å². The zero-order valence-corrected chi connectivity index (χ0v) is 19.2. The van der Waals surface area contributed by atoms with Crippen molar-refractivity contribution < 1.29 is 23.6 Å². The minimum Gasteiger partial charge on any atom is -0.300 e. The molecule has 4 nitrogen and oxygen atoms in total. The fourth-order valence-electron chi connectivity index (χ4n) is 2.16. The monoisotopic (exact) mass is 408 g/mol. The molecule has 0 fully saturated rings. The van der Waals surface area contributed by atoms with E-state index >= 15 is 0 Å². The molecule has 0 heterocycles. The molecule has 29 heavy (non-hydrogen) atoms. The molecular formula is C24H37FO4. The third-order valence-electron chi connectivity index (χ3n) is 4.31. The van der Waals surface area contributed by atoms with Crippen LogP contribution in [0.3, 0.4) is 0 Å². The SMILES string of the molecule is CC(=O)CCC(C)C(C)=O.CCC.CCC(C)C(=O)c1cccc(F)c1C(C)=O. The molecule has 0 aromatic heterocycles. The number of carbonyl (C=O) groups excluding carboxylic acids is 4. The minimum absolute atomic E-state index is 0.0453. The van der Waals surface area contributed by atoms with Gasteiger partial charge in [-0.2, -0.15) is 0 Å². The van der Waals surface area contributed by atoms with Gasteiger partial charge in [0.25, 0.3) is 0 Å². The van der Waals surface area contributed by atoms with Crippen molar-refractivity contribution in [2.24, 2.45) is 11.8 Å². The van der Waals surface area contributed by atoms with Gasteiger partial charge in [-0.25, -0.2) is 4.39 Å². The van der Waals surface area contributed by atoms with E-state index in [1.54, 1.807) is 20.8 Å². The molecule has 1 rings (SSSR count). The first-order chi connectivity index (χ1) is 13.4. The van der Waals surface area contributed by atoms with Crippen LogP contribution in [0.1, 0.15) is 102 Å². The highest BCUT2D eigenvalue weighted by molar-refractivity contribution is 6.08. The second kappa shape index (κ2) is 15.7. The second-order valence-electron chi connectivity index (χ2n) is 7.35. The van der Waals surface area contributed by atoms with Crippen LogP contribution in [-0.2, 0) is 9.59 Å². The summed E-state index contributed by atoms with van der Waals surface area (Å²) in [4.78, 5) is 44.3. The van der Waals surface area contributed by atoms with E-state index in [2.05, 4.69) is 13.8 Å². The van der Waals surface area contributed by atoms with Gasteiger partial charge in [0.05, 0.1) is 5.56 Å². The molecule has 0 amide bonds. The van der Waals surface area contributed by atoms with Crippen LogP contribution in [-0.4, -0.2) is 23.1 Å². The Kier molecular flexibility index (Phi) is 15.7. The fourth-order valence-corrected chi connectivity index (χ4v) is 2.16. The molecule has 0 saturated carbocycles. The molecule has 1 aromatic rings. The normalized spacial score (nSPS) is 11.8. The summed E-state index contributed by atoms with van der Waals surface area (Å²) in [6, 6.07) is 4.16. The van der Waals surface area contributed by atoms with Gasteiger partial charge in [0.15, 0.2) is 11.6 Å². The number of hydrogen-bond acceptors (Lipinski definition) is 4. The molecule has 0 bridgehead atoms. The lowest BCUT2D eigenvalue weighted by Gasteiger charge is -2.11. The molecule has 1 aromatic carbocycles. The summed E-state index contributed by atoms with van der Waals surface area (Å²) < 4.78 is 13.5. The highest BCUT2D eigenvalue weighted by atomic mass is 19.1. The third kappa shape index (κ3) is 12.1. The second-order valence-corrected chi connectivity index (χ2v) is 7.35. The van der Waals surface area contributed by atoms with E-state index in [0.29, 0.717) is 19.3 Å². The summed E-state index contributed by atoms with van der Waals surface area (Å²) in [6.45, 7) is 14.1. The van der Waals surface area contributed by atoms with Gasteiger partial charge in [-0.05, 0) is 39.7 Å². The fraction of sp³-hybridized carbons (Fsp3) is 0.583. The number of halogens is 1. The zero-order valence-electron chi connectivity index (χ0n) is 19.2. The standard InChI is InChI=1S/C13H15FO2.C8H14O2.C3H8/c1-4-8(2)13(16)10-6-5-7-11(14)12(10)9(3)15;1-6(8(3)10)4-5-7(2)9;1-3-2/h5-8H,4H2,1-3H3;6H,4-5H2,1-3H3;3H2,1-2H3. The lowest BCUT2D eigenvalue weighted by molar-refractivity contribution is -0.121. The Hall–Kier alpha value is -2.17. The molecule has 164 valence electrons. The van der Waals surface area contributed by atoms with Crippen molar-refractivity contribution in [3.63, 3.8) is 0 Å². The van der Waals surface area contributed by atoms with Gasteiger partial charge in [-0.15, -0.1) is 0 Å². The van der Waals surface area contributed by atoms with Gasteiger partial charge in [-0.3, -0.25) is 14.4 Å². The Morgan fingerprint density at radius 1 is 0.931 bits per heavy atom. The van der Waals surface area contributed by atoms with E-state index in [4.69, 9.17) is 0 Å². The predicted octanol–water partition coefficient (Wildman–Crippen LogP) is 6.25. The van der Waals surface area contributed by atoms with Gasteiger partial charge >= 0.3 is 0 Å². The van der Waals surface area contributed by atoms with Gasteiger partial charge < -0.3 is 4.79 Å². The van der Waals surface area contributed by atoms with Crippen molar-refractivity contribution in [2.45, 2.75) is 81.1 Å². The molecule has 2 atom stereocenters. The van der Waals surface area contributed by atoms with Crippen LogP contribution in [0.4, 0.5) is 4.39 Å². The Morgan fingerprint density at radius 2 is 1.45 bits per heavy atom. The van der Waals surface area contributed by atoms with Crippen molar-refractivity contribution in [3.05, 3.63) is 35.1 Å². The maximum absolute atomic E-state index is 13.5. The maximum Gasteiger partial charge on any atom is 0.166 e. The molecule has 0 saturated heterocycles. The van der Waals surface area contributed by atoms with E-state index < -0.39 is 11.6 Å². The average molecular weight is 409 g/mol. The number of benzene rings is 1. The van der Waals surface area contributed by atoms with E-state index in [-0.39, 0.29) is 40.3 Å². The molecule has 0 radical (unpaired) electrons. The van der Waals surface area contributed by atoms with Crippen LogP contribution in [0.15, 0.2) is 18.2 Å². The quantitative estimate of drug-likeness (QED) is 0.476. The first-order valence-electron chi connectivity index (χ1n) is 10.3. The lowest BCUT2D eigenvalue weighted by atomic mass is 9.92. The van der Waals surface area contributed by atoms with Gasteiger partial charge in [-0.1, -0.05) is 53.2 Å². The van der Waals surface area contributed by atoms with Crippen molar-refractivity contribution in [1.29, 1.82) is 0 Å². The molecule has 5 heteroatoms. The zero-order chi connectivity index (χ0) is 23.1. The van der Waals surface area contributed by atoms with Crippen molar-refractivity contribution in [1.82, 2.24) is 0 Å². The largest absolute Gasteiger partial charge is 0.300 e. The summed E-state index contributed by atoms with van der Waals surface area (Å²) in [7, 11) is 0. The number of carbonyl (C=O) groups is 4. The number of hydrogen-bond donors (Lipinski definition) is 0. The topological polar surface area (TPSA) is 68.3 Å². The third-order valence-corrected chi connectivity index (χ3v) is 4.31. The molecule has 0 spiro atoms. The van der Waals surface area contributed by atoms with Crippen LogP contribution in [0, 0.1) is 17.7 Å².